The Morgan fingerprint density at radius 2 is 2.10 bits per heavy atom. The molecule has 112 valence electrons. The number of thiophene rings is 1. The topological polar surface area (TPSA) is 58.6 Å². The molecule has 0 aliphatic carbocycles. The van der Waals surface area contributed by atoms with Gasteiger partial charge >= 0.3 is 0 Å². The van der Waals surface area contributed by atoms with Gasteiger partial charge in [-0.05, 0) is 36.9 Å². The molecule has 0 radical (unpaired) electrons. The number of hydrogen-bond acceptors (Lipinski definition) is 4. The molecule has 5 heteroatoms. The Balaban J connectivity index is 1.96. The predicted molar refractivity (Wildman–Crippen MR) is 83.8 cm³/mol. The minimum Gasteiger partial charge on any atom is -0.496 e. The molecule has 1 heterocycles. The normalized spacial score (nSPS) is 13.5. The quantitative estimate of drug-likeness (QED) is 0.862. The molecule has 0 saturated heterocycles. The van der Waals surface area contributed by atoms with Gasteiger partial charge in [0.1, 0.15) is 5.75 Å². The molecule has 4 nitrogen and oxygen atoms in total. The highest BCUT2D eigenvalue weighted by atomic mass is 32.1. The molecule has 2 atom stereocenters. The molecule has 0 aliphatic rings. The average molecular weight is 305 g/mol. The molecule has 1 aromatic carbocycles. The van der Waals surface area contributed by atoms with Crippen LogP contribution in [0.2, 0.25) is 0 Å². The van der Waals surface area contributed by atoms with Crippen molar-refractivity contribution in [1.82, 2.24) is 5.32 Å². The lowest BCUT2D eigenvalue weighted by Gasteiger charge is -2.18. The summed E-state index contributed by atoms with van der Waals surface area (Å²) >= 11 is 1.51. The summed E-state index contributed by atoms with van der Waals surface area (Å²) in [5, 5.41) is 14.9. The van der Waals surface area contributed by atoms with Gasteiger partial charge in [0.25, 0.3) is 5.91 Å². The van der Waals surface area contributed by atoms with E-state index in [1.165, 1.54) is 18.4 Å². The number of amides is 1. The summed E-state index contributed by atoms with van der Waals surface area (Å²) in [6.45, 7) is 1.88. The Bertz CT molecular complexity index is 583. The van der Waals surface area contributed by atoms with Gasteiger partial charge in [-0.1, -0.05) is 18.2 Å². The summed E-state index contributed by atoms with van der Waals surface area (Å²) in [6, 6.07) is 10.7. The maximum Gasteiger partial charge on any atom is 0.255 e. The third kappa shape index (κ3) is 4.06. The van der Waals surface area contributed by atoms with E-state index in [4.69, 9.17) is 4.74 Å². The van der Waals surface area contributed by atoms with Crippen molar-refractivity contribution in [2.24, 2.45) is 0 Å². The zero-order valence-corrected chi connectivity index (χ0v) is 12.9. The van der Waals surface area contributed by atoms with Crippen molar-refractivity contribution in [2.45, 2.75) is 25.5 Å². The van der Waals surface area contributed by atoms with E-state index < -0.39 is 6.10 Å². The molecule has 0 unspecified atom stereocenters. The van der Waals surface area contributed by atoms with Crippen molar-refractivity contribution < 1.29 is 14.6 Å². The lowest BCUT2D eigenvalue weighted by Crippen LogP contribution is -2.33. The lowest BCUT2D eigenvalue weighted by molar-refractivity contribution is 0.0915. The maximum absolute atomic E-state index is 12.2. The number of nitrogens with one attached hydrogen (secondary N) is 1. The number of aliphatic hydroxyl groups is 1. The Kier molecular flexibility index (Phi) is 5.36. The number of ether oxygens (including phenoxy) is 1. The number of aliphatic hydroxyl groups excluding tert-OH is 1. The zero-order chi connectivity index (χ0) is 15.2. The van der Waals surface area contributed by atoms with Crippen LogP contribution in [0.15, 0.2) is 41.8 Å². The lowest BCUT2D eigenvalue weighted by atomic mass is 10.1. The fourth-order valence-corrected chi connectivity index (χ4v) is 2.85. The number of methoxy groups -OCH3 is 1. The molecular formula is C16H19NO3S. The summed E-state index contributed by atoms with van der Waals surface area (Å²) < 4.78 is 5.18. The van der Waals surface area contributed by atoms with Crippen LogP contribution in [0.5, 0.6) is 5.75 Å². The molecule has 0 aliphatic heterocycles. The number of carbonyl (C=O) groups excluding carboxylic acids is 1. The van der Waals surface area contributed by atoms with Gasteiger partial charge in [0.05, 0.1) is 18.8 Å². The molecule has 0 fully saturated rings. The van der Waals surface area contributed by atoms with E-state index in [1.807, 2.05) is 30.5 Å². The van der Waals surface area contributed by atoms with Gasteiger partial charge < -0.3 is 15.2 Å². The van der Waals surface area contributed by atoms with Crippen LogP contribution < -0.4 is 10.1 Å². The van der Waals surface area contributed by atoms with Gasteiger partial charge in [-0.2, -0.15) is 0 Å². The second-order valence-corrected chi connectivity index (χ2v) is 5.82. The predicted octanol–water partition coefficient (Wildman–Crippen LogP) is 3.00. The van der Waals surface area contributed by atoms with Crippen LogP contribution in [-0.4, -0.2) is 24.2 Å². The third-order valence-corrected chi connectivity index (χ3v) is 4.15. The number of hydrogen-bond donors (Lipinski definition) is 2. The average Bonchev–Trinajstić information content (AvgIpc) is 3.01. The summed E-state index contributed by atoms with van der Waals surface area (Å²) in [4.78, 5) is 13.1. The van der Waals surface area contributed by atoms with Crippen LogP contribution in [0.4, 0.5) is 0 Å². The van der Waals surface area contributed by atoms with Gasteiger partial charge in [-0.3, -0.25) is 4.79 Å². The van der Waals surface area contributed by atoms with E-state index in [9.17, 15) is 9.90 Å². The van der Waals surface area contributed by atoms with Crippen molar-refractivity contribution in [3.8, 4) is 5.75 Å². The first-order valence-corrected chi connectivity index (χ1v) is 7.65. The van der Waals surface area contributed by atoms with Crippen LogP contribution in [-0.2, 0) is 0 Å². The van der Waals surface area contributed by atoms with Crippen LogP contribution in [0.1, 0.15) is 34.7 Å². The van der Waals surface area contributed by atoms with E-state index in [0.717, 1.165) is 4.88 Å². The van der Waals surface area contributed by atoms with Crippen LogP contribution in [0.25, 0.3) is 0 Å². The van der Waals surface area contributed by atoms with E-state index >= 15 is 0 Å². The Hall–Kier alpha value is -1.85. The molecule has 1 amide bonds. The zero-order valence-electron chi connectivity index (χ0n) is 12.1. The Morgan fingerprint density at radius 3 is 2.76 bits per heavy atom. The molecule has 21 heavy (non-hydrogen) atoms. The van der Waals surface area contributed by atoms with Crippen LogP contribution in [0.3, 0.4) is 0 Å². The minimum absolute atomic E-state index is 0.139. The highest BCUT2D eigenvalue weighted by molar-refractivity contribution is 7.10. The third-order valence-electron chi connectivity index (χ3n) is 3.18. The molecule has 2 N–H and O–H groups in total. The second kappa shape index (κ2) is 7.24. The van der Waals surface area contributed by atoms with Crippen LogP contribution in [0, 0.1) is 0 Å². The largest absolute Gasteiger partial charge is 0.496 e. The Morgan fingerprint density at radius 1 is 1.33 bits per heavy atom. The monoisotopic (exact) mass is 305 g/mol. The molecule has 0 bridgehead atoms. The minimum atomic E-state index is -0.557. The molecular weight excluding hydrogens is 286 g/mol. The fraction of sp³-hybridized carbons (Fsp3) is 0.312. The number of para-hydroxylation sites is 1. The second-order valence-electron chi connectivity index (χ2n) is 4.84. The van der Waals surface area contributed by atoms with Gasteiger partial charge in [-0.25, -0.2) is 0 Å². The number of rotatable bonds is 6. The van der Waals surface area contributed by atoms with Gasteiger partial charge in [-0.15, -0.1) is 11.3 Å². The van der Waals surface area contributed by atoms with Crippen molar-refractivity contribution in [1.29, 1.82) is 0 Å². The molecule has 0 saturated carbocycles. The first-order chi connectivity index (χ1) is 10.1. The first-order valence-electron chi connectivity index (χ1n) is 6.77. The highest BCUT2D eigenvalue weighted by Gasteiger charge is 2.17. The molecule has 2 aromatic rings. The van der Waals surface area contributed by atoms with Crippen molar-refractivity contribution >= 4 is 17.2 Å². The van der Waals surface area contributed by atoms with E-state index in [2.05, 4.69) is 5.32 Å². The van der Waals surface area contributed by atoms with E-state index in [-0.39, 0.29) is 11.9 Å². The van der Waals surface area contributed by atoms with Crippen molar-refractivity contribution in [3.63, 3.8) is 0 Å². The molecule has 2 rings (SSSR count). The van der Waals surface area contributed by atoms with Gasteiger partial charge in [0, 0.05) is 10.9 Å². The smallest absolute Gasteiger partial charge is 0.255 e. The maximum atomic E-state index is 12.2. The van der Waals surface area contributed by atoms with E-state index in [0.29, 0.717) is 17.7 Å². The number of carbonyl (C=O) groups is 1. The fourth-order valence-electron chi connectivity index (χ4n) is 2.12. The number of benzene rings is 1. The van der Waals surface area contributed by atoms with Gasteiger partial charge in [0.15, 0.2) is 0 Å². The SMILES string of the molecule is COc1ccccc1C(=O)N[C@@H](C)C[C@H](O)c1cccs1. The summed E-state index contributed by atoms with van der Waals surface area (Å²) in [5.74, 6) is 0.347. The Labute approximate surface area is 128 Å². The van der Waals surface area contributed by atoms with E-state index in [1.54, 1.807) is 18.2 Å². The van der Waals surface area contributed by atoms with Crippen molar-refractivity contribution in [3.05, 3.63) is 52.2 Å². The summed E-state index contributed by atoms with van der Waals surface area (Å²) in [6.07, 6.45) is -0.0838. The van der Waals surface area contributed by atoms with Gasteiger partial charge in [0.2, 0.25) is 0 Å². The van der Waals surface area contributed by atoms with Crippen LogP contribution >= 0.6 is 11.3 Å². The molecule has 1 aromatic heterocycles. The molecule has 0 spiro atoms. The summed E-state index contributed by atoms with van der Waals surface area (Å²) in [5.41, 5.74) is 0.498. The first kappa shape index (κ1) is 15.5. The van der Waals surface area contributed by atoms with Crippen molar-refractivity contribution in [2.75, 3.05) is 7.11 Å². The highest BCUT2D eigenvalue weighted by Crippen LogP contribution is 2.23. The standard InChI is InChI=1S/C16H19NO3S/c1-11(10-13(18)15-8-5-9-21-15)17-16(19)12-6-3-4-7-14(12)20-2/h3-9,11,13,18H,10H2,1-2H3,(H,17,19)/t11-,13-/m0/s1. The summed E-state index contributed by atoms with van der Waals surface area (Å²) in [7, 11) is 1.54.